The fourth-order valence-electron chi connectivity index (χ4n) is 1.21. The van der Waals surface area contributed by atoms with Crippen LogP contribution in [-0.4, -0.2) is 18.6 Å². The number of nitrogens with two attached hydrogens (primary N) is 1. The quantitative estimate of drug-likeness (QED) is 0.532. The molecule has 0 unspecified atom stereocenters. The normalized spacial score (nSPS) is 10.6. The van der Waals surface area contributed by atoms with E-state index in [9.17, 15) is 8.42 Å². The van der Waals surface area contributed by atoms with Gasteiger partial charge in [-0.05, 0) is 36.4 Å². The Labute approximate surface area is 137 Å². The number of nitrogen functional groups attached to an aromatic ring is 1. The molecule has 0 aliphatic heterocycles. The third-order valence-electron chi connectivity index (χ3n) is 2.06. The Morgan fingerprint density at radius 3 is 2.21 bits per heavy atom. The van der Waals surface area contributed by atoms with Crippen LogP contribution in [0.3, 0.4) is 0 Å². The fourth-order valence-corrected chi connectivity index (χ4v) is 2.31. The van der Waals surface area contributed by atoms with Gasteiger partial charge >= 0.3 is 29.6 Å². The van der Waals surface area contributed by atoms with E-state index in [1.54, 1.807) is 0 Å². The van der Waals surface area contributed by atoms with Crippen molar-refractivity contribution in [1.29, 1.82) is 0 Å². The van der Waals surface area contributed by atoms with E-state index in [1.165, 1.54) is 36.4 Å². The summed E-state index contributed by atoms with van der Waals surface area (Å²) in [7, 11) is -3.69. The van der Waals surface area contributed by atoms with Gasteiger partial charge in [-0.3, -0.25) is 4.72 Å². The van der Waals surface area contributed by atoms with Crippen molar-refractivity contribution in [2.75, 3.05) is 10.5 Å². The van der Waals surface area contributed by atoms with Gasteiger partial charge in [0.25, 0.3) is 10.0 Å². The number of nitrogens with one attached hydrogen (secondary N) is 1. The van der Waals surface area contributed by atoms with Crippen LogP contribution in [0.25, 0.3) is 0 Å². The average molecular weight is 308 g/mol. The fraction of sp³-hybridized carbons (Fsp3) is 0. The Morgan fingerprint density at radius 2 is 1.68 bits per heavy atom. The number of aromatic nitrogens is 2. The largest absolute Gasteiger partial charge is 1.00 e. The summed E-state index contributed by atoms with van der Waals surface area (Å²) < 4.78 is 26.2. The number of halogens is 1. The molecule has 1 aromatic heterocycles. The molecule has 0 saturated heterocycles. The van der Waals surface area contributed by atoms with E-state index in [1.807, 2.05) is 0 Å². The van der Waals surface area contributed by atoms with Crippen molar-refractivity contribution >= 4 is 33.1 Å². The SMILES string of the molecule is Nc1ccc(S(=O)(=O)Nc2ccc(Cl)nn2)cc1.[Na+]. The van der Waals surface area contributed by atoms with Gasteiger partial charge in [0.15, 0.2) is 11.0 Å². The van der Waals surface area contributed by atoms with Gasteiger partial charge in [0, 0.05) is 5.69 Å². The first kappa shape index (κ1) is 16.2. The average Bonchev–Trinajstić information content (AvgIpc) is 2.32. The van der Waals surface area contributed by atoms with E-state index in [4.69, 9.17) is 17.3 Å². The molecule has 0 aliphatic carbocycles. The zero-order valence-electron chi connectivity index (χ0n) is 10.0. The zero-order chi connectivity index (χ0) is 13.2. The molecule has 1 aromatic carbocycles. The molecule has 2 aromatic rings. The smallest absolute Gasteiger partial charge is 0.399 e. The summed E-state index contributed by atoms with van der Waals surface area (Å²) in [5.74, 6) is 0.0937. The molecule has 19 heavy (non-hydrogen) atoms. The van der Waals surface area contributed by atoms with E-state index in [0.717, 1.165) is 0 Å². The molecular weight excluding hydrogens is 299 g/mol. The number of hydrogen-bond donors (Lipinski definition) is 2. The van der Waals surface area contributed by atoms with Gasteiger partial charge in [-0.2, -0.15) is 0 Å². The predicted molar refractivity (Wildman–Crippen MR) is 68.7 cm³/mol. The van der Waals surface area contributed by atoms with Gasteiger partial charge in [-0.25, -0.2) is 8.42 Å². The summed E-state index contributed by atoms with van der Waals surface area (Å²) in [5.41, 5.74) is 5.97. The van der Waals surface area contributed by atoms with Gasteiger partial charge in [0.2, 0.25) is 0 Å². The first-order chi connectivity index (χ1) is 8.47. The van der Waals surface area contributed by atoms with Gasteiger partial charge < -0.3 is 5.73 Å². The molecule has 6 nitrogen and oxygen atoms in total. The summed E-state index contributed by atoms with van der Waals surface area (Å²) in [6.45, 7) is 0. The maximum absolute atomic E-state index is 11.9. The van der Waals surface area contributed by atoms with Gasteiger partial charge in [0.05, 0.1) is 4.90 Å². The van der Waals surface area contributed by atoms with Crippen LogP contribution in [0.2, 0.25) is 5.15 Å². The van der Waals surface area contributed by atoms with Crippen molar-refractivity contribution in [1.82, 2.24) is 10.2 Å². The monoisotopic (exact) mass is 307 g/mol. The Hall–Kier alpha value is -0.860. The first-order valence-corrected chi connectivity index (χ1v) is 6.71. The van der Waals surface area contributed by atoms with E-state index in [2.05, 4.69) is 14.9 Å². The van der Waals surface area contributed by atoms with Crippen LogP contribution >= 0.6 is 11.6 Å². The number of sulfonamides is 1. The van der Waals surface area contributed by atoms with E-state index in [-0.39, 0.29) is 45.4 Å². The van der Waals surface area contributed by atoms with Gasteiger partial charge in [0.1, 0.15) is 0 Å². The molecular formula is C10H9ClN4NaO2S+. The Morgan fingerprint density at radius 1 is 1.05 bits per heavy atom. The van der Waals surface area contributed by atoms with Crippen LogP contribution in [-0.2, 0) is 10.0 Å². The second kappa shape index (κ2) is 6.53. The maximum Gasteiger partial charge on any atom is 1.00 e. The second-order valence-corrected chi connectivity index (χ2v) is 5.49. The molecule has 2 rings (SSSR count). The van der Waals surface area contributed by atoms with Gasteiger partial charge in [-0.1, -0.05) is 11.6 Å². The molecule has 3 N–H and O–H groups in total. The number of rotatable bonds is 3. The Kier molecular flexibility index (Phi) is 5.57. The predicted octanol–water partition coefficient (Wildman–Crippen LogP) is -1.48. The van der Waals surface area contributed by atoms with Crippen LogP contribution in [0.15, 0.2) is 41.3 Å². The molecule has 0 saturated carbocycles. The van der Waals surface area contributed by atoms with E-state index in [0.29, 0.717) is 5.69 Å². The minimum atomic E-state index is -3.69. The van der Waals surface area contributed by atoms with Gasteiger partial charge in [-0.15, -0.1) is 10.2 Å². The molecule has 0 radical (unpaired) electrons. The zero-order valence-corrected chi connectivity index (χ0v) is 13.6. The maximum atomic E-state index is 11.9. The molecule has 0 atom stereocenters. The standard InChI is InChI=1S/C10H9ClN4O2S.Na/c11-9-5-6-10(14-13-9)15-18(16,17)8-3-1-7(12)2-4-8;/h1-6H,12H2,(H,14,15);/q;+1. The number of anilines is 2. The number of nitrogens with zero attached hydrogens (tertiary/aromatic N) is 2. The molecule has 0 spiro atoms. The van der Waals surface area contributed by atoms with Crippen LogP contribution in [0.4, 0.5) is 11.5 Å². The van der Waals surface area contributed by atoms with Crippen molar-refractivity contribution in [3.8, 4) is 0 Å². The summed E-state index contributed by atoms with van der Waals surface area (Å²) >= 11 is 5.55. The summed E-state index contributed by atoms with van der Waals surface area (Å²) in [6.07, 6.45) is 0. The van der Waals surface area contributed by atoms with Crippen LogP contribution in [0.1, 0.15) is 0 Å². The minimum absolute atomic E-state index is 0. The van der Waals surface area contributed by atoms with Crippen molar-refractivity contribution in [3.05, 3.63) is 41.6 Å². The van der Waals surface area contributed by atoms with E-state index >= 15 is 0 Å². The summed E-state index contributed by atoms with van der Waals surface area (Å²) in [5, 5.41) is 7.33. The second-order valence-electron chi connectivity index (χ2n) is 3.42. The summed E-state index contributed by atoms with van der Waals surface area (Å²) in [6, 6.07) is 8.67. The van der Waals surface area contributed by atoms with Crippen LogP contribution in [0.5, 0.6) is 0 Å². The molecule has 0 bridgehead atoms. The Balaban J connectivity index is 0.00000180. The molecule has 0 aliphatic rings. The van der Waals surface area contributed by atoms with Crippen molar-refractivity contribution in [3.63, 3.8) is 0 Å². The molecule has 1 heterocycles. The minimum Gasteiger partial charge on any atom is -0.399 e. The third-order valence-corrected chi connectivity index (χ3v) is 3.63. The van der Waals surface area contributed by atoms with Crippen LogP contribution in [0, 0.1) is 0 Å². The number of hydrogen-bond acceptors (Lipinski definition) is 5. The first-order valence-electron chi connectivity index (χ1n) is 4.85. The Bertz CT molecular complexity index is 646. The topological polar surface area (TPSA) is 98.0 Å². The van der Waals surface area contributed by atoms with Crippen molar-refractivity contribution in [2.45, 2.75) is 4.90 Å². The third kappa shape index (κ3) is 4.32. The van der Waals surface area contributed by atoms with Crippen molar-refractivity contribution in [2.24, 2.45) is 0 Å². The molecule has 94 valence electrons. The van der Waals surface area contributed by atoms with E-state index < -0.39 is 10.0 Å². The van der Waals surface area contributed by atoms with Crippen molar-refractivity contribution < 1.29 is 38.0 Å². The number of benzene rings is 1. The molecule has 9 heteroatoms. The molecule has 0 amide bonds. The molecule has 0 fully saturated rings. The summed E-state index contributed by atoms with van der Waals surface area (Å²) in [4.78, 5) is 0.0912. The van der Waals surface area contributed by atoms with Crippen LogP contribution < -0.4 is 40.0 Å².